The van der Waals surface area contributed by atoms with Crippen molar-refractivity contribution in [2.75, 3.05) is 14.2 Å². The Hall–Kier alpha value is -2.22. The van der Waals surface area contributed by atoms with Gasteiger partial charge in [0.2, 0.25) is 5.91 Å². The highest BCUT2D eigenvalue weighted by Gasteiger charge is 2.23. The number of nitriles is 1. The van der Waals surface area contributed by atoms with E-state index in [0.29, 0.717) is 17.9 Å². The van der Waals surface area contributed by atoms with Crippen LogP contribution < -0.4 is 14.8 Å². The van der Waals surface area contributed by atoms with Crippen molar-refractivity contribution in [1.29, 1.82) is 5.26 Å². The molecular formula is C16H22N2O3. The third-order valence-electron chi connectivity index (χ3n) is 3.15. The molecule has 1 aromatic rings. The van der Waals surface area contributed by atoms with Gasteiger partial charge in [-0.3, -0.25) is 4.79 Å². The third kappa shape index (κ3) is 4.67. The molecule has 0 aliphatic carbocycles. The smallest absolute Gasteiger partial charge is 0.224 e. The van der Waals surface area contributed by atoms with E-state index in [9.17, 15) is 4.79 Å². The summed E-state index contributed by atoms with van der Waals surface area (Å²) < 4.78 is 10.4. The summed E-state index contributed by atoms with van der Waals surface area (Å²) in [4.78, 5) is 12.1. The maximum absolute atomic E-state index is 12.1. The van der Waals surface area contributed by atoms with Crippen LogP contribution in [0.3, 0.4) is 0 Å². The predicted octanol–water partition coefficient (Wildman–Crippen LogP) is 2.30. The SMILES string of the molecule is COc1ccc(C[C@@H](C)C(=O)NC(C)(C)C#N)cc1OC. The zero-order chi connectivity index (χ0) is 16.0. The second-order valence-corrected chi connectivity index (χ2v) is 5.52. The van der Waals surface area contributed by atoms with Crippen LogP contribution in [0.25, 0.3) is 0 Å². The maximum Gasteiger partial charge on any atom is 0.224 e. The number of methoxy groups -OCH3 is 2. The number of hydrogen-bond acceptors (Lipinski definition) is 4. The molecule has 0 aliphatic rings. The predicted molar refractivity (Wildman–Crippen MR) is 80.2 cm³/mol. The fourth-order valence-corrected chi connectivity index (χ4v) is 1.91. The lowest BCUT2D eigenvalue weighted by Gasteiger charge is -2.21. The molecule has 1 amide bonds. The Morgan fingerprint density at radius 3 is 2.48 bits per heavy atom. The fourth-order valence-electron chi connectivity index (χ4n) is 1.91. The van der Waals surface area contributed by atoms with Crippen molar-refractivity contribution in [2.24, 2.45) is 5.92 Å². The lowest BCUT2D eigenvalue weighted by molar-refractivity contribution is -0.125. The second-order valence-electron chi connectivity index (χ2n) is 5.52. The molecule has 0 fully saturated rings. The molecule has 1 aromatic carbocycles. The second kappa shape index (κ2) is 6.98. The van der Waals surface area contributed by atoms with Crippen molar-refractivity contribution in [3.63, 3.8) is 0 Å². The molecule has 1 N–H and O–H groups in total. The summed E-state index contributed by atoms with van der Waals surface area (Å²) in [6.07, 6.45) is 0.563. The lowest BCUT2D eigenvalue weighted by Crippen LogP contribution is -2.44. The number of nitrogens with zero attached hydrogens (tertiary/aromatic N) is 1. The summed E-state index contributed by atoms with van der Waals surface area (Å²) in [6.45, 7) is 5.18. The first-order valence-corrected chi connectivity index (χ1v) is 6.77. The maximum atomic E-state index is 12.1. The number of nitrogens with one attached hydrogen (secondary N) is 1. The molecule has 0 heterocycles. The van der Waals surface area contributed by atoms with Crippen LogP contribution >= 0.6 is 0 Å². The average Bonchev–Trinajstić information content (AvgIpc) is 2.46. The van der Waals surface area contributed by atoms with Crippen LogP contribution in [0.15, 0.2) is 18.2 Å². The summed E-state index contributed by atoms with van der Waals surface area (Å²) in [5, 5.41) is 11.7. The number of amides is 1. The molecule has 0 spiro atoms. The topological polar surface area (TPSA) is 71.3 Å². The van der Waals surface area contributed by atoms with Crippen LogP contribution in [0.5, 0.6) is 11.5 Å². The minimum atomic E-state index is -0.858. The van der Waals surface area contributed by atoms with Crippen LogP contribution in [0.1, 0.15) is 26.3 Å². The summed E-state index contributed by atoms with van der Waals surface area (Å²) in [6, 6.07) is 7.64. The number of rotatable bonds is 6. The molecule has 0 bridgehead atoms. The van der Waals surface area contributed by atoms with Gasteiger partial charge in [0.15, 0.2) is 11.5 Å². The van der Waals surface area contributed by atoms with Crippen LogP contribution in [-0.4, -0.2) is 25.7 Å². The molecule has 1 atom stereocenters. The molecule has 0 saturated heterocycles. The van der Waals surface area contributed by atoms with Crippen molar-refractivity contribution >= 4 is 5.91 Å². The van der Waals surface area contributed by atoms with Crippen molar-refractivity contribution in [3.05, 3.63) is 23.8 Å². The van der Waals surface area contributed by atoms with Crippen molar-refractivity contribution in [3.8, 4) is 17.6 Å². The summed E-state index contributed by atoms with van der Waals surface area (Å²) in [7, 11) is 3.16. The summed E-state index contributed by atoms with van der Waals surface area (Å²) in [5.41, 5.74) is 0.119. The Morgan fingerprint density at radius 2 is 1.95 bits per heavy atom. The minimum Gasteiger partial charge on any atom is -0.493 e. The normalized spacial score (nSPS) is 12.2. The quantitative estimate of drug-likeness (QED) is 0.872. The van der Waals surface area contributed by atoms with Gasteiger partial charge in [0, 0.05) is 5.92 Å². The standard InChI is InChI=1S/C16H22N2O3/c1-11(15(19)18-16(2,3)10-17)8-12-6-7-13(20-4)14(9-12)21-5/h6-7,9,11H,8H2,1-5H3,(H,18,19)/t11-/m1/s1. The van der Waals surface area contributed by atoms with Crippen molar-refractivity contribution < 1.29 is 14.3 Å². The van der Waals surface area contributed by atoms with Crippen LogP contribution in [-0.2, 0) is 11.2 Å². The van der Waals surface area contributed by atoms with Gasteiger partial charge in [-0.1, -0.05) is 13.0 Å². The highest BCUT2D eigenvalue weighted by atomic mass is 16.5. The molecular weight excluding hydrogens is 268 g/mol. The molecule has 0 radical (unpaired) electrons. The fraction of sp³-hybridized carbons (Fsp3) is 0.500. The van der Waals surface area contributed by atoms with Gasteiger partial charge in [-0.25, -0.2) is 0 Å². The van der Waals surface area contributed by atoms with E-state index in [1.165, 1.54) is 0 Å². The molecule has 1 rings (SSSR count). The van der Waals surface area contributed by atoms with Gasteiger partial charge in [0.25, 0.3) is 0 Å². The number of carbonyl (C=O) groups is 1. The van der Waals surface area contributed by atoms with Crippen LogP contribution in [0, 0.1) is 17.2 Å². The Labute approximate surface area is 125 Å². The first-order chi connectivity index (χ1) is 9.82. The first kappa shape index (κ1) is 16.8. The van der Waals surface area contributed by atoms with E-state index in [1.807, 2.05) is 25.1 Å². The molecule has 5 heteroatoms. The zero-order valence-electron chi connectivity index (χ0n) is 13.2. The van der Waals surface area contributed by atoms with E-state index in [-0.39, 0.29) is 11.8 Å². The van der Waals surface area contributed by atoms with Gasteiger partial charge in [0.05, 0.1) is 20.3 Å². The van der Waals surface area contributed by atoms with E-state index in [1.54, 1.807) is 28.1 Å². The third-order valence-corrected chi connectivity index (χ3v) is 3.15. The van der Waals surface area contributed by atoms with Gasteiger partial charge < -0.3 is 14.8 Å². The van der Waals surface area contributed by atoms with Crippen molar-refractivity contribution in [1.82, 2.24) is 5.32 Å². The number of carbonyl (C=O) groups excluding carboxylic acids is 1. The highest BCUT2D eigenvalue weighted by Crippen LogP contribution is 2.28. The molecule has 5 nitrogen and oxygen atoms in total. The Balaban J connectivity index is 2.77. The average molecular weight is 290 g/mol. The summed E-state index contributed by atoms with van der Waals surface area (Å²) >= 11 is 0. The van der Waals surface area contributed by atoms with Gasteiger partial charge in [-0.15, -0.1) is 0 Å². The van der Waals surface area contributed by atoms with E-state index >= 15 is 0 Å². The highest BCUT2D eigenvalue weighted by molar-refractivity contribution is 5.79. The lowest BCUT2D eigenvalue weighted by atomic mass is 9.98. The van der Waals surface area contributed by atoms with Gasteiger partial charge >= 0.3 is 0 Å². The first-order valence-electron chi connectivity index (χ1n) is 6.77. The van der Waals surface area contributed by atoms with E-state index in [4.69, 9.17) is 14.7 Å². The number of hydrogen-bond donors (Lipinski definition) is 1. The zero-order valence-corrected chi connectivity index (χ0v) is 13.2. The molecule has 0 aliphatic heterocycles. The molecule has 114 valence electrons. The van der Waals surface area contributed by atoms with Crippen LogP contribution in [0.4, 0.5) is 0 Å². The largest absolute Gasteiger partial charge is 0.493 e. The van der Waals surface area contributed by atoms with Gasteiger partial charge in [0.1, 0.15) is 5.54 Å². The Morgan fingerprint density at radius 1 is 1.33 bits per heavy atom. The van der Waals surface area contributed by atoms with Gasteiger partial charge in [-0.2, -0.15) is 5.26 Å². The number of ether oxygens (including phenoxy) is 2. The van der Waals surface area contributed by atoms with Crippen LogP contribution in [0.2, 0.25) is 0 Å². The van der Waals surface area contributed by atoms with E-state index < -0.39 is 5.54 Å². The Bertz CT molecular complexity index is 547. The Kier molecular flexibility index (Phi) is 5.60. The monoisotopic (exact) mass is 290 g/mol. The minimum absolute atomic E-state index is 0.142. The number of benzene rings is 1. The molecule has 21 heavy (non-hydrogen) atoms. The molecule has 0 aromatic heterocycles. The van der Waals surface area contributed by atoms with E-state index in [2.05, 4.69) is 11.4 Å². The summed E-state index contributed by atoms with van der Waals surface area (Å²) in [5.74, 6) is 0.913. The molecule has 0 saturated carbocycles. The van der Waals surface area contributed by atoms with Gasteiger partial charge in [-0.05, 0) is 38.0 Å². The molecule has 0 unspecified atom stereocenters. The van der Waals surface area contributed by atoms with Crippen molar-refractivity contribution in [2.45, 2.75) is 32.7 Å². The van der Waals surface area contributed by atoms with E-state index in [0.717, 1.165) is 5.56 Å².